The zero-order chi connectivity index (χ0) is 17.1. The van der Waals surface area contributed by atoms with Crippen molar-refractivity contribution in [2.45, 2.75) is 20.3 Å². The molecule has 122 valence electrons. The highest BCUT2D eigenvalue weighted by atomic mass is 16.5. The number of hydrogen-bond donors (Lipinski definition) is 2. The summed E-state index contributed by atoms with van der Waals surface area (Å²) in [5, 5.41) is 3.97. The molecule has 0 aliphatic rings. The molecular weight excluding hydrogens is 302 g/mol. The van der Waals surface area contributed by atoms with E-state index in [-0.39, 0.29) is 12.3 Å². The Balaban J connectivity index is 1.91. The fourth-order valence-corrected chi connectivity index (χ4v) is 2.60. The van der Waals surface area contributed by atoms with Crippen LogP contribution in [0.1, 0.15) is 16.8 Å². The minimum atomic E-state index is -0.279. The van der Waals surface area contributed by atoms with E-state index in [2.05, 4.69) is 41.8 Å². The van der Waals surface area contributed by atoms with Crippen LogP contribution in [0.15, 0.2) is 53.1 Å². The lowest BCUT2D eigenvalue weighted by atomic mass is 9.99. The number of nitrogens with zero attached hydrogens (tertiary/aromatic N) is 1. The van der Waals surface area contributed by atoms with E-state index >= 15 is 0 Å². The van der Waals surface area contributed by atoms with Gasteiger partial charge in [0.1, 0.15) is 0 Å². The van der Waals surface area contributed by atoms with E-state index in [4.69, 9.17) is 10.4 Å². The molecule has 0 fully saturated rings. The number of benzene rings is 2. The Kier molecular flexibility index (Phi) is 4.44. The second kappa shape index (κ2) is 6.68. The van der Waals surface area contributed by atoms with Gasteiger partial charge in [-0.25, -0.2) is 5.84 Å². The number of carbonyl (C=O) groups excluding carboxylic acids is 1. The number of hydrogen-bond acceptors (Lipinski definition) is 4. The van der Waals surface area contributed by atoms with E-state index in [0.29, 0.717) is 11.5 Å². The van der Waals surface area contributed by atoms with Gasteiger partial charge in [0, 0.05) is 11.1 Å². The molecule has 1 heterocycles. The van der Waals surface area contributed by atoms with Crippen LogP contribution in [0.2, 0.25) is 0 Å². The predicted molar refractivity (Wildman–Crippen MR) is 92.9 cm³/mol. The normalized spacial score (nSPS) is 10.6. The Labute approximate surface area is 140 Å². The summed E-state index contributed by atoms with van der Waals surface area (Å²) in [5.74, 6) is 5.50. The highest BCUT2D eigenvalue weighted by Gasteiger charge is 2.17. The molecule has 0 unspecified atom stereocenters. The maximum absolute atomic E-state index is 11.6. The first-order valence-corrected chi connectivity index (χ1v) is 7.70. The van der Waals surface area contributed by atoms with Gasteiger partial charge < -0.3 is 4.52 Å². The van der Waals surface area contributed by atoms with E-state index in [9.17, 15) is 4.79 Å². The van der Waals surface area contributed by atoms with Crippen LogP contribution in [0.3, 0.4) is 0 Å². The van der Waals surface area contributed by atoms with E-state index in [1.54, 1.807) is 0 Å². The van der Waals surface area contributed by atoms with Gasteiger partial charge in [-0.1, -0.05) is 59.3 Å². The summed E-state index contributed by atoms with van der Waals surface area (Å²) in [6, 6.07) is 16.4. The SMILES string of the molecule is Cc1ccc(-c2ccc(-c3onc(C)c3CC(=O)NN)cc2)cc1. The molecule has 5 heteroatoms. The van der Waals surface area contributed by atoms with Crippen molar-refractivity contribution in [3.05, 3.63) is 65.4 Å². The second-order valence-corrected chi connectivity index (χ2v) is 5.76. The Hall–Kier alpha value is -2.92. The summed E-state index contributed by atoms with van der Waals surface area (Å²) in [6.07, 6.45) is 0.140. The standard InChI is InChI=1S/C19H19N3O2/c1-12-3-5-14(6-4-12)15-7-9-16(10-8-15)19-17(11-18(23)21-20)13(2)22-24-19/h3-10H,11,20H2,1-2H3,(H,21,23). The smallest absolute Gasteiger partial charge is 0.238 e. The zero-order valence-electron chi connectivity index (χ0n) is 13.7. The van der Waals surface area contributed by atoms with Crippen molar-refractivity contribution in [3.8, 4) is 22.5 Å². The number of carbonyl (C=O) groups is 1. The van der Waals surface area contributed by atoms with Crippen molar-refractivity contribution in [2.75, 3.05) is 0 Å². The predicted octanol–water partition coefficient (Wildman–Crippen LogP) is 3.16. The van der Waals surface area contributed by atoms with E-state index in [1.807, 2.05) is 31.2 Å². The molecule has 0 atom stereocenters. The molecule has 0 bridgehead atoms. The molecule has 3 aromatic rings. The first kappa shape index (κ1) is 16.0. The Bertz CT molecular complexity index is 849. The fraction of sp³-hybridized carbons (Fsp3) is 0.158. The number of amides is 1. The Morgan fingerprint density at radius 2 is 1.54 bits per heavy atom. The average molecular weight is 321 g/mol. The molecular formula is C19H19N3O2. The van der Waals surface area contributed by atoms with E-state index < -0.39 is 0 Å². The molecule has 3 rings (SSSR count). The number of hydrazine groups is 1. The third-order valence-corrected chi connectivity index (χ3v) is 4.01. The number of nitrogens with two attached hydrogens (primary N) is 1. The maximum Gasteiger partial charge on any atom is 0.238 e. The van der Waals surface area contributed by atoms with Crippen molar-refractivity contribution in [2.24, 2.45) is 5.84 Å². The quantitative estimate of drug-likeness (QED) is 0.439. The number of aryl methyl sites for hydroxylation is 2. The van der Waals surface area contributed by atoms with Gasteiger partial charge in [-0.05, 0) is 25.0 Å². The lowest BCUT2D eigenvalue weighted by molar-refractivity contribution is -0.120. The first-order valence-electron chi connectivity index (χ1n) is 7.70. The number of aromatic nitrogens is 1. The van der Waals surface area contributed by atoms with Gasteiger partial charge in [0.05, 0.1) is 12.1 Å². The zero-order valence-corrected chi connectivity index (χ0v) is 13.7. The lowest BCUT2D eigenvalue weighted by Crippen LogP contribution is -2.31. The van der Waals surface area contributed by atoms with Crippen LogP contribution in [0, 0.1) is 13.8 Å². The molecule has 0 saturated carbocycles. The molecule has 24 heavy (non-hydrogen) atoms. The summed E-state index contributed by atoms with van der Waals surface area (Å²) in [4.78, 5) is 11.6. The van der Waals surface area contributed by atoms with Gasteiger partial charge in [-0.3, -0.25) is 10.2 Å². The summed E-state index contributed by atoms with van der Waals surface area (Å²) < 4.78 is 5.42. The summed E-state index contributed by atoms with van der Waals surface area (Å²) in [6.45, 7) is 3.88. The van der Waals surface area contributed by atoms with Crippen molar-refractivity contribution in [1.82, 2.24) is 10.6 Å². The van der Waals surface area contributed by atoms with Crippen molar-refractivity contribution >= 4 is 5.91 Å². The molecule has 0 spiro atoms. The van der Waals surface area contributed by atoms with Crippen molar-refractivity contribution < 1.29 is 9.32 Å². The number of rotatable bonds is 4. The van der Waals surface area contributed by atoms with Crippen LogP contribution >= 0.6 is 0 Å². The molecule has 1 aromatic heterocycles. The van der Waals surface area contributed by atoms with E-state index in [1.165, 1.54) is 5.56 Å². The van der Waals surface area contributed by atoms with Crippen LogP contribution in [-0.2, 0) is 11.2 Å². The van der Waals surface area contributed by atoms with Gasteiger partial charge in [-0.15, -0.1) is 0 Å². The molecule has 5 nitrogen and oxygen atoms in total. The van der Waals surface area contributed by atoms with Crippen LogP contribution < -0.4 is 11.3 Å². The minimum absolute atomic E-state index is 0.140. The molecule has 2 aromatic carbocycles. The molecule has 0 aliphatic carbocycles. The third-order valence-electron chi connectivity index (χ3n) is 4.01. The number of nitrogens with one attached hydrogen (secondary N) is 1. The van der Waals surface area contributed by atoms with E-state index in [0.717, 1.165) is 22.3 Å². The second-order valence-electron chi connectivity index (χ2n) is 5.76. The largest absolute Gasteiger partial charge is 0.356 e. The highest BCUT2D eigenvalue weighted by Crippen LogP contribution is 2.29. The summed E-state index contributed by atoms with van der Waals surface area (Å²) in [7, 11) is 0. The van der Waals surface area contributed by atoms with Gasteiger partial charge >= 0.3 is 0 Å². The highest BCUT2D eigenvalue weighted by molar-refractivity contribution is 5.81. The summed E-state index contributed by atoms with van der Waals surface area (Å²) in [5.41, 5.74) is 7.97. The van der Waals surface area contributed by atoms with Crippen LogP contribution in [0.5, 0.6) is 0 Å². The van der Waals surface area contributed by atoms with Crippen LogP contribution in [0.4, 0.5) is 0 Å². The maximum atomic E-state index is 11.6. The Morgan fingerprint density at radius 3 is 2.12 bits per heavy atom. The molecule has 0 saturated heterocycles. The minimum Gasteiger partial charge on any atom is -0.356 e. The molecule has 1 amide bonds. The molecule has 0 radical (unpaired) electrons. The van der Waals surface area contributed by atoms with Gasteiger partial charge in [0.25, 0.3) is 0 Å². The van der Waals surface area contributed by atoms with Gasteiger partial charge in [0.15, 0.2) is 5.76 Å². The van der Waals surface area contributed by atoms with Crippen LogP contribution in [0.25, 0.3) is 22.5 Å². The van der Waals surface area contributed by atoms with Crippen LogP contribution in [-0.4, -0.2) is 11.1 Å². The fourth-order valence-electron chi connectivity index (χ4n) is 2.60. The van der Waals surface area contributed by atoms with Gasteiger partial charge in [0.2, 0.25) is 5.91 Å². The lowest BCUT2D eigenvalue weighted by Gasteiger charge is -2.05. The van der Waals surface area contributed by atoms with Crippen molar-refractivity contribution in [3.63, 3.8) is 0 Å². The molecule has 3 N–H and O–H groups in total. The topological polar surface area (TPSA) is 81.2 Å². The first-order chi connectivity index (χ1) is 11.6. The monoisotopic (exact) mass is 321 g/mol. The summed E-state index contributed by atoms with van der Waals surface area (Å²) >= 11 is 0. The molecule has 0 aliphatic heterocycles. The third kappa shape index (κ3) is 3.21. The Morgan fingerprint density at radius 1 is 1.00 bits per heavy atom. The average Bonchev–Trinajstić information content (AvgIpc) is 2.96. The van der Waals surface area contributed by atoms with Crippen molar-refractivity contribution in [1.29, 1.82) is 0 Å². The van der Waals surface area contributed by atoms with Gasteiger partial charge in [-0.2, -0.15) is 0 Å².